The fraction of sp³-hybridized carbons (Fsp3) is 0.357. The van der Waals surface area contributed by atoms with Gasteiger partial charge in [-0.25, -0.2) is 17.6 Å². The summed E-state index contributed by atoms with van der Waals surface area (Å²) in [7, 11) is -0.535. The van der Waals surface area contributed by atoms with Crippen LogP contribution < -0.4 is 9.88 Å². The van der Waals surface area contributed by atoms with E-state index in [0.717, 1.165) is 5.69 Å². The molecule has 1 aromatic heterocycles. The van der Waals surface area contributed by atoms with Crippen LogP contribution in [0.3, 0.4) is 0 Å². The molecule has 0 aliphatic carbocycles. The smallest absolute Gasteiger partial charge is 0.421 e. The molecule has 2 rings (SSSR count). The van der Waals surface area contributed by atoms with Gasteiger partial charge in [-0.3, -0.25) is 0 Å². The molecular formula is C14H19N5O3S. The molecule has 0 aliphatic heterocycles. The zero-order valence-electron chi connectivity index (χ0n) is 13.0. The molecule has 23 heavy (non-hydrogen) atoms. The Morgan fingerprint density at radius 1 is 1.26 bits per heavy atom. The van der Waals surface area contributed by atoms with E-state index < -0.39 is 15.9 Å². The number of hydrogen-bond acceptors (Lipinski definition) is 6. The van der Waals surface area contributed by atoms with Crippen molar-refractivity contribution in [1.29, 1.82) is 0 Å². The van der Waals surface area contributed by atoms with Gasteiger partial charge in [-0.2, -0.15) is 0 Å². The lowest BCUT2D eigenvalue weighted by Gasteiger charge is -2.05. The van der Waals surface area contributed by atoms with Crippen LogP contribution in [-0.2, 0) is 23.7 Å². The van der Waals surface area contributed by atoms with E-state index in [-0.39, 0.29) is 6.42 Å². The lowest BCUT2D eigenvalue weighted by Crippen LogP contribution is -2.33. The van der Waals surface area contributed by atoms with E-state index >= 15 is 0 Å². The maximum atomic E-state index is 10.7. The minimum Gasteiger partial charge on any atom is -0.748 e. The molecule has 0 unspecified atom stereocenters. The standard InChI is InChI=1S/C14H19N5O3S/c1-15-12-4-6-13(7-5-12)16-17-14-18(2)9-10-19(14)8-3-11-23(20,21)22/h4-7,9-10H,3,8,11H2,1-2H3,(H,20,21,22). The van der Waals surface area contributed by atoms with Gasteiger partial charge in [0.15, 0.2) is 0 Å². The van der Waals surface area contributed by atoms with Crippen molar-refractivity contribution in [2.24, 2.45) is 17.3 Å². The average molecular weight is 337 g/mol. The topological polar surface area (TPSA) is 103 Å². The van der Waals surface area contributed by atoms with Gasteiger partial charge in [-0.1, -0.05) is 5.11 Å². The summed E-state index contributed by atoms with van der Waals surface area (Å²) in [6, 6.07) is 7.47. The molecule has 2 aromatic rings. The molecule has 0 saturated carbocycles. The van der Waals surface area contributed by atoms with Crippen LogP contribution in [0.4, 0.5) is 17.3 Å². The van der Waals surface area contributed by atoms with Gasteiger partial charge in [0.2, 0.25) is 0 Å². The fourth-order valence-corrected chi connectivity index (χ4v) is 2.51. The van der Waals surface area contributed by atoms with Gasteiger partial charge in [0, 0.05) is 23.6 Å². The van der Waals surface area contributed by atoms with Crippen molar-refractivity contribution in [3.63, 3.8) is 0 Å². The highest BCUT2D eigenvalue weighted by Gasteiger charge is 2.14. The second kappa shape index (κ2) is 7.34. The third-order valence-electron chi connectivity index (χ3n) is 3.25. The molecule has 1 N–H and O–H groups in total. The van der Waals surface area contributed by atoms with Crippen LogP contribution in [-0.4, -0.2) is 30.3 Å². The first-order valence-electron chi connectivity index (χ1n) is 7.07. The van der Waals surface area contributed by atoms with Crippen molar-refractivity contribution in [2.45, 2.75) is 13.0 Å². The van der Waals surface area contributed by atoms with Gasteiger partial charge in [-0.05, 0) is 30.7 Å². The zero-order chi connectivity index (χ0) is 16.9. The predicted octanol–water partition coefficient (Wildman–Crippen LogP) is 1.70. The van der Waals surface area contributed by atoms with Crippen LogP contribution in [0.25, 0.3) is 0 Å². The van der Waals surface area contributed by atoms with E-state index in [0.29, 0.717) is 18.2 Å². The molecule has 0 saturated heterocycles. The molecule has 1 heterocycles. The minimum atomic E-state index is -4.19. The lowest BCUT2D eigenvalue weighted by molar-refractivity contribution is -0.683. The molecule has 1 aromatic carbocycles. The molecule has 0 radical (unpaired) electrons. The van der Waals surface area contributed by atoms with Crippen LogP contribution in [0.15, 0.2) is 46.9 Å². The Hall–Kier alpha value is -2.26. The van der Waals surface area contributed by atoms with Crippen molar-refractivity contribution >= 4 is 27.4 Å². The average Bonchev–Trinajstić information content (AvgIpc) is 2.85. The van der Waals surface area contributed by atoms with E-state index in [2.05, 4.69) is 15.5 Å². The third kappa shape index (κ3) is 5.15. The predicted molar refractivity (Wildman–Crippen MR) is 85.0 cm³/mol. The number of aromatic nitrogens is 2. The lowest BCUT2D eigenvalue weighted by atomic mass is 10.3. The Kier molecular flexibility index (Phi) is 5.45. The molecule has 0 atom stereocenters. The van der Waals surface area contributed by atoms with Crippen molar-refractivity contribution in [3.05, 3.63) is 36.7 Å². The van der Waals surface area contributed by atoms with Crippen LogP contribution in [0.5, 0.6) is 0 Å². The second-order valence-electron chi connectivity index (χ2n) is 5.01. The monoisotopic (exact) mass is 337 g/mol. The zero-order valence-corrected chi connectivity index (χ0v) is 13.8. The Bertz CT molecular complexity index is 781. The highest BCUT2D eigenvalue weighted by molar-refractivity contribution is 7.85. The van der Waals surface area contributed by atoms with E-state index in [4.69, 9.17) is 0 Å². The van der Waals surface area contributed by atoms with E-state index in [1.165, 1.54) is 0 Å². The quantitative estimate of drug-likeness (QED) is 0.472. The Balaban J connectivity index is 2.09. The number of benzene rings is 1. The molecule has 9 heteroatoms. The number of rotatable bonds is 7. The number of anilines is 1. The first kappa shape index (κ1) is 17.1. The molecule has 0 amide bonds. The number of aryl methyl sites for hydroxylation is 2. The molecule has 124 valence electrons. The van der Waals surface area contributed by atoms with E-state index in [9.17, 15) is 13.0 Å². The number of nitrogens with zero attached hydrogens (tertiary/aromatic N) is 4. The Morgan fingerprint density at radius 2 is 1.96 bits per heavy atom. The fourth-order valence-electron chi connectivity index (χ4n) is 2.03. The maximum Gasteiger partial charge on any atom is 0.421 e. The first-order chi connectivity index (χ1) is 10.9. The molecular weight excluding hydrogens is 318 g/mol. The minimum absolute atomic E-state index is 0.236. The van der Waals surface area contributed by atoms with Crippen LogP contribution >= 0.6 is 0 Å². The SMILES string of the molecule is CNc1ccc(/N=N/c2n(C)cc[n+]2CCCS(=O)(=O)[O-])cc1. The summed E-state index contributed by atoms with van der Waals surface area (Å²) in [4.78, 5) is 0. The Labute approximate surface area is 135 Å². The van der Waals surface area contributed by atoms with Crippen molar-refractivity contribution in [3.8, 4) is 0 Å². The summed E-state index contributed by atoms with van der Waals surface area (Å²) in [5, 5.41) is 11.4. The van der Waals surface area contributed by atoms with Crippen molar-refractivity contribution < 1.29 is 17.5 Å². The maximum absolute atomic E-state index is 10.7. The summed E-state index contributed by atoms with van der Waals surface area (Å²) < 4.78 is 35.5. The van der Waals surface area contributed by atoms with Crippen LogP contribution in [0.2, 0.25) is 0 Å². The van der Waals surface area contributed by atoms with Crippen molar-refractivity contribution in [1.82, 2.24) is 4.57 Å². The molecule has 0 spiro atoms. The normalized spacial score (nSPS) is 12.0. The van der Waals surface area contributed by atoms with Crippen LogP contribution in [0.1, 0.15) is 6.42 Å². The van der Waals surface area contributed by atoms with Crippen LogP contribution in [0, 0.1) is 0 Å². The number of imidazole rings is 1. The highest BCUT2D eigenvalue weighted by atomic mass is 32.2. The number of nitrogens with one attached hydrogen (secondary N) is 1. The third-order valence-corrected chi connectivity index (χ3v) is 4.04. The largest absolute Gasteiger partial charge is 0.748 e. The summed E-state index contributed by atoms with van der Waals surface area (Å²) in [6.45, 7) is 0.384. The van der Waals surface area contributed by atoms with Gasteiger partial charge in [0.25, 0.3) is 0 Å². The summed E-state index contributed by atoms with van der Waals surface area (Å²) in [5.74, 6) is 0.183. The van der Waals surface area contributed by atoms with Gasteiger partial charge < -0.3 is 9.87 Å². The molecule has 0 bridgehead atoms. The Morgan fingerprint density at radius 3 is 2.57 bits per heavy atom. The van der Waals surface area contributed by atoms with E-state index in [1.807, 2.05) is 38.4 Å². The van der Waals surface area contributed by atoms with Gasteiger partial charge in [0.05, 0.1) is 36.1 Å². The van der Waals surface area contributed by atoms with Gasteiger partial charge in [0.1, 0.15) is 5.69 Å². The summed E-state index contributed by atoms with van der Waals surface area (Å²) >= 11 is 0. The molecule has 0 aliphatic rings. The number of azo groups is 1. The van der Waals surface area contributed by atoms with Gasteiger partial charge >= 0.3 is 5.95 Å². The number of hydrogen-bond donors (Lipinski definition) is 1. The molecule has 0 fully saturated rings. The van der Waals surface area contributed by atoms with Gasteiger partial charge in [-0.15, -0.1) is 0 Å². The highest BCUT2D eigenvalue weighted by Crippen LogP contribution is 2.18. The van der Waals surface area contributed by atoms with E-state index in [1.54, 1.807) is 21.5 Å². The summed E-state index contributed by atoms with van der Waals surface area (Å²) in [6.07, 6.45) is 3.81. The molecule has 8 nitrogen and oxygen atoms in total. The van der Waals surface area contributed by atoms with Crippen molar-refractivity contribution in [2.75, 3.05) is 18.1 Å². The summed E-state index contributed by atoms with van der Waals surface area (Å²) in [5.41, 5.74) is 1.69. The second-order valence-corrected chi connectivity index (χ2v) is 6.54. The first-order valence-corrected chi connectivity index (χ1v) is 8.64.